The number of nitrogens with zero attached hydrogens (tertiary/aromatic N) is 5. The van der Waals surface area contributed by atoms with Crippen LogP contribution >= 0.6 is 0 Å². The Bertz CT molecular complexity index is 1020. The van der Waals surface area contributed by atoms with Gasteiger partial charge in [0.25, 0.3) is 5.56 Å². The molecule has 0 bridgehead atoms. The molecule has 8 heteroatoms. The number of rotatable bonds is 6. The maximum absolute atomic E-state index is 12.8. The van der Waals surface area contributed by atoms with Gasteiger partial charge in [-0.3, -0.25) is 14.3 Å². The van der Waals surface area contributed by atoms with Crippen LogP contribution in [-0.4, -0.2) is 39.3 Å². The Morgan fingerprint density at radius 2 is 2.00 bits per heavy atom. The van der Waals surface area contributed by atoms with Crippen molar-refractivity contribution in [3.8, 4) is 0 Å². The zero-order valence-electron chi connectivity index (χ0n) is 16.0. The summed E-state index contributed by atoms with van der Waals surface area (Å²) in [6.07, 6.45) is 3.59. The Hall–Kier alpha value is -3.16. The minimum absolute atomic E-state index is 0.169. The molecular weight excluding hydrogens is 344 g/mol. The van der Waals surface area contributed by atoms with Crippen LogP contribution in [0, 0.1) is 0 Å². The molecule has 0 fully saturated rings. The van der Waals surface area contributed by atoms with Crippen molar-refractivity contribution >= 4 is 28.4 Å². The first-order chi connectivity index (χ1) is 12.9. The van der Waals surface area contributed by atoms with Gasteiger partial charge in [0, 0.05) is 39.3 Å². The van der Waals surface area contributed by atoms with E-state index in [1.807, 2.05) is 38.1 Å². The number of fused-ring (bicyclic) bond motifs is 1. The molecule has 0 saturated carbocycles. The summed E-state index contributed by atoms with van der Waals surface area (Å²) in [5, 5.41) is 7.03. The van der Waals surface area contributed by atoms with Gasteiger partial charge in [-0.2, -0.15) is 5.10 Å². The van der Waals surface area contributed by atoms with E-state index in [2.05, 4.69) is 15.4 Å². The summed E-state index contributed by atoms with van der Waals surface area (Å²) in [7, 11) is 3.56. The van der Waals surface area contributed by atoms with Crippen molar-refractivity contribution in [1.82, 2.24) is 19.3 Å². The molecule has 0 saturated heterocycles. The molecule has 3 rings (SSSR count). The molecule has 2 aromatic heterocycles. The predicted octanol–water partition coefficient (Wildman–Crippen LogP) is 2.27. The molecule has 0 unspecified atom stereocenters. The molecule has 0 spiro atoms. The van der Waals surface area contributed by atoms with E-state index in [-0.39, 0.29) is 30.5 Å². The van der Waals surface area contributed by atoms with E-state index in [4.69, 9.17) is 0 Å². The minimum Gasteiger partial charge on any atom is -0.358 e. The van der Waals surface area contributed by atoms with E-state index in [0.29, 0.717) is 17.0 Å². The third-order valence-electron chi connectivity index (χ3n) is 4.24. The fourth-order valence-electron chi connectivity index (χ4n) is 2.81. The summed E-state index contributed by atoms with van der Waals surface area (Å²) < 4.78 is 3.38. The summed E-state index contributed by atoms with van der Waals surface area (Å²) >= 11 is 0. The number of amides is 1. The largest absolute Gasteiger partial charge is 0.358 e. The maximum Gasteiger partial charge on any atom is 0.293 e. The Kier molecular flexibility index (Phi) is 5.25. The first-order valence-electron chi connectivity index (χ1n) is 8.87. The summed E-state index contributed by atoms with van der Waals surface area (Å²) in [5.74, 6) is 0.185. The average molecular weight is 368 g/mol. The average Bonchev–Trinajstić information content (AvgIpc) is 3.09. The van der Waals surface area contributed by atoms with Gasteiger partial charge in [0.1, 0.15) is 0 Å². The molecule has 3 aromatic rings. The molecule has 0 radical (unpaired) electrons. The molecule has 0 aliphatic rings. The minimum atomic E-state index is -0.209. The van der Waals surface area contributed by atoms with Gasteiger partial charge in [-0.1, -0.05) is 12.1 Å². The molecule has 0 atom stereocenters. The number of para-hydroxylation sites is 2. The van der Waals surface area contributed by atoms with Crippen LogP contribution in [0.4, 0.5) is 11.5 Å². The molecule has 27 heavy (non-hydrogen) atoms. The second-order valence-corrected chi connectivity index (χ2v) is 6.88. The van der Waals surface area contributed by atoms with Crippen LogP contribution in [0.5, 0.6) is 0 Å². The van der Waals surface area contributed by atoms with Crippen molar-refractivity contribution in [1.29, 1.82) is 0 Å². The molecule has 8 nitrogen and oxygen atoms in total. The van der Waals surface area contributed by atoms with Crippen LogP contribution < -0.4 is 15.8 Å². The van der Waals surface area contributed by atoms with Gasteiger partial charge in [-0.05, 0) is 26.0 Å². The standard InChI is InChI=1S/C19H24N6O2/c1-13(2)25-12-14(11-20-25)21-17(26)9-10-24-16-8-6-5-7-15(16)22-18(19(24)27)23(3)4/h5-8,11-13H,9-10H2,1-4H3,(H,21,26). The lowest BCUT2D eigenvalue weighted by molar-refractivity contribution is -0.116. The number of hydrogen-bond donors (Lipinski definition) is 1. The molecule has 1 N–H and O–H groups in total. The quantitative estimate of drug-likeness (QED) is 0.721. The van der Waals surface area contributed by atoms with Gasteiger partial charge in [0.2, 0.25) is 5.91 Å². The SMILES string of the molecule is CC(C)n1cc(NC(=O)CCn2c(=O)c(N(C)C)nc3ccccc32)cn1. The maximum atomic E-state index is 12.8. The second kappa shape index (κ2) is 7.61. The molecule has 0 aliphatic heterocycles. The third kappa shape index (κ3) is 3.99. The lowest BCUT2D eigenvalue weighted by Gasteiger charge is -2.16. The monoisotopic (exact) mass is 368 g/mol. The van der Waals surface area contributed by atoms with Gasteiger partial charge in [0.05, 0.1) is 22.9 Å². The van der Waals surface area contributed by atoms with Crippen LogP contribution in [0.1, 0.15) is 26.3 Å². The smallest absolute Gasteiger partial charge is 0.293 e. The highest BCUT2D eigenvalue weighted by atomic mass is 16.2. The topological polar surface area (TPSA) is 85.0 Å². The van der Waals surface area contributed by atoms with Crippen LogP contribution in [-0.2, 0) is 11.3 Å². The highest BCUT2D eigenvalue weighted by molar-refractivity contribution is 5.90. The van der Waals surface area contributed by atoms with E-state index in [0.717, 1.165) is 5.52 Å². The van der Waals surface area contributed by atoms with Gasteiger partial charge >= 0.3 is 0 Å². The van der Waals surface area contributed by atoms with Gasteiger partial charge in [-0.15, -0.1) is 0 Å². The first-order valence-corrected chi connectivity index (χ1v) is 8.87. The predicted molar refractivity (Wildman–Crippen MR) is 106 cm³/mol. The van der Waals surface area contributed by atoms with Crippen LogP contribution in [0.15, 0.2) is 41.5 Å². The Morgan fingerprint density at radius 1 is 1.26 bits per heavy atom. The van der Waals surface area contributed by atoms with E-state index in [1.54, 1.807) is 40.6 Å². The number of hydrogen-bond acceptors (Lipinski definition) is 5. The van der Waals surface area contributed by atoms with E-state index >= 15 is 0 Å². The van der Waals surface area contributed by atoms with Gasteiger partial charge in [0.15, 0.2) is 5.82 Å². The lowest BCUT2D eigenvalue weighted by atomic mass is 10.2. The lowest BCUT2D eigenvalue weighted by Crippen LogP contribution is -2.30. The van der Waals surface area contributed by atoms with Crippen LogP contribution in [0.25, 0.3) is 11.0 Å². The summed E-state index contributed by atoms with van der Waals surface area (Å²) in [6, 6.07) is 7.66. The summed E-state index contributed by atoms with van der Waals surface area (Å²) in [6.45, 7) is 4.30. The van der Waals surface area contributed by atoms with Crippen molar-refractivity contribution in [3.63, 3.8) is 0 Å². The number of carbonyl (C=O) groups is 1. The highest BCUT2D eigenvalue weighted by Gasteiger charge is 2.14. The first kappa shape index (κ1) is 18.6. The normalized spacial score (nSPS) is 11.1. The van der Waals surface area contributed by atoms with Crippen LogP contribution in [0.3, 0.4) is 0 Å². The van der Waals surface area contributed by atoms with Crippen molar-refractivity contribution < 1.29 is 4.79 Å². The number of anilines is 2. The molecule has 142 valence electrons. The zero-order valence-corrected chi connectivity index (χ0v) is 16.0. The van der Waals surface area contributed by atoms with E-state index in [1.165, 1.54) is 0 Å². The number of aryl methyl sites for hydroxylation is 1. The molecule has 2 heterocycles. The molecule has 1 amide bonds. The second-order valence-electron chi connectivity index (χ2n) is 6.88. The van der Waals surface area contributed by atoms with Crippen molar-refractivity contribution in [2.24, 2.45) is 0 Å². The van der Waals surface area contributed by atoms with Gasteiger partial charge < -0.3 is 14.8 Å². The van der Waals surface area contributed by atoms with E-state index < -0.39 is 0 Å². The molecule has 1 aromatic carbocycles. The van der Waals surface area contributed by atoms with E-state index in [9.17, 15) is 9.59 Å². The zero-order chi connectivity index (χ0) is 19.6. The Morgan fingerprint density at radius 3 is 2.67 bits per heavy atom. The summed E-state index contributed by atoms with van der Waals surface area (Å²) in [5.41, 5.74) is 1.88. The Labute approximate surface area is 157 Å². The van der Waals surface area contributed by atoms with Crippen molar-refractivity contribution in [2.45, 2.75) is 32.9 Å². The van der Waals surface area contributed by atoms with Gasteiger partial charge in [-0.25, -0.2) is 4.98 Å². The van der Waals surface area contributed by atoms with Crippen molar-refractivity contribution in [3.05, 3.63) is 47.0 Å². The van der Waals surface area contributed by atoms with Crippen LogP contribution in [0.2, 0.25) is 0 Å². The third-order valence-corrected chi connectivity index (χ3v) is 4.24. The number of nitrogens with one attached hydrogen (secondary N) is 1. The highest BCUT2D eigenvalue weighted by Crippen LogP contribution is 2.14. The summed E-state index contributed by atoms with van der Waals surface area (Å²) in [4.78, 5) is 31.2. The fraction of sp³-hybridized carbons (Fsp3) is 0.368. The Balaban J connectivity index is 1.80. The molecule has 0 aliphatic carbocycles. The van der Waals surface area contributed by atoms with Crippen molar-refractivity contribution in [2.75, 3.05) is 24.3 Å². The number of carbonyl (C=O) groups excluding carboxylic acids is 1. The fourth-order valence-corrected chi connectivity index (χ4v) is 2.81. The number of benzene rings is 1. The number of aromatic nitrogens is 4. The molecular formula is C19H24N6O2.